The van der Waals surface area contributed by atoms with Crippen LogP contribution in [0.1, 0.15) is 42.7 Å². The molecule has 1 unspecified atom stereocenters. The Labute approximate surface area is 184 Å². The fourth-order valence-electron chi connectivity index (χ4n) is 3.02. The molecule has 1 saturated heterocycles. The summed E-state index contributed by atoms with van der Waals surface area (Å²) >= 11 is 1.15. The number of amides is 1. The smallest absolute Gasteiger partial charge is 0.280 e. The third-order valence-corrected chi connectivity index (χ3v) is 8.33. The summed E-state index contributed by atoms with van der Waals surface area (Å²) in [6.45, 7) is 2.57. The van der Waals surface area contributed by atoms with Gasteiger partial charge in [-0.25, -0.2) is 13.4 Å². The molecule has 0 spiro atoms. The Balaban J connectivity index is 1.57. The number of carbonyl (C=O) groups is 1. The Hall–Kier alpha value is -2.34. The summed E-state index contributed by atoms with van der Waals surface area (Å²) in [6, 6.07) is 6.06. The van der Waals surface area contributed by atoms with Crippen molar-refractivity contribution in [1.29, 1.82) is 0 Å². The van der Waals surface area contributed by atoms with Crippen LogP contribution in [0.2, 0.25) is 0 Å². The summed E-state index contributed by atoms with van der Waals surface area (Å²) in [7, 11) is -3.33. The van der Waals surface area contributed by atoms with Crippen LogP contribution < -0.4 is 5.32 Å². The van der Waals surface area contributed by atoms with Crippen LogP contribution in [0.25, 0.3) is 0 Å². The third kappa shape index (κ3) is 5.12. The largest absolute Gasteiger partial charge is 0.389 e. The number of aliphatic hydroxyl groups is 1. The van der Waals surface area contributed by atoms with E-state index in [1.165, 1.54) is 18.3 Å². The maximum absolute atomic E-state index is 12.9. The van der Waals surface area contributed by atoms with E-state index in [2.05, 4.69) is 15.5 Å². The average molecular weight is 466 g/mol. The van der Waals surface area contributed by atoms with Crippen LogP contribution in [0.15, 0.2) is 40.5 Å². The molecule has 2 atom stereocenters. The van der Waals surface area contributed by atoms with E-state index in [1.54, 1.807) is 19.1 Å². The van der Waals surface area contributed by atoms with E-state index >= 15 is 0 Å². The number of oxime groups is 1. The van der Waals surface area contributed by atoms with Gasteiger partial charge in [-0.1, -0.05) is 28.6 Å². The van der Waals surface area contributed by atoms with Gasteiger partial charge in [0.25, 0.3) is 5.91 Å². The summed E-state index contributed by atoms with van der Waals surface area (Å²) in [5.74, 6) is -0.553. The molecule has 1 amide bonds. The first-order chi connectivity index (χ1) is 14.8. The second-order valence-corrected chi connectivity index (χ2v) is 10.8. The zero-order chi connectivity index (χ0) is 22.0. The average Bonchev–Trinajstić information content (AvgIpc) is 3.29. The number of rotatable bonds is 8. The van der Waals surface area contributed by atoms with Crippen LogP contribution in [-0.4, -0.2) is 54.7 Å². The Kier molecular flexibility index (Phi) is 6.37. The highest BCUT2D eigenvalue weighted by atomic mass is 32.2. The van der Waals surface area contributed by atoms with Crippen molar-refractivity contribution in [3.63, 3.8) is 0 Å². The lowest BCUT2D eigenvalue weighted by molar-refractivity contribution is -0.110. The van der Waals surface area contributed by atoms with E-state index in [4.69, 9.17) is 9.57 Å². The molecule has 2 heterocycles. The maximum atomic E-state index is 12.9. The fourth-order valence-corrected chi connectivity index (χ4v) is 5.42. The third-order valence-electron chi connectivity index (χ3n) is 4.97. The number of benzene rings is 1. The number of nitrogens with zero attached hydrogens (tertiary/aromatic N) is 2. The lowest BCUT2D eigenvalue weighted by Gasteiger charge is -2.10. The number of hydrogen-bond donors (Lipinski definition) is 2. The van der Waals surface area contributed by atoms with E-state index in [0.717, 1.165) is 11.3 Å². The minimum atomic E-state index is -3.33. The van der Waals surface area contributed by atoms with Crippen LogP contribution in [0.5, 0.6) is 0 Å². The molecule has 9 nitrogen and oxygen atoms in total. The lowest BCUT2D eigenvalue weighted by atomic mass is 10.1. The molecule has 2 N–H and O–H groups in total. The first-order valence-electron chi connectivity index (χ1n) is 9.95. The van der Waals surface area contributed by atoms with Gasteiger partial charge in [0, 0.05) is 18.2 Å². The SMILES string of the molecule is CC(O)c1cnc(NC(=O)/C(=N/O[C@@H]2CCOC2)c2ccc(S(=O)(=O)C3CC3)cc2)s1. The van der Waals surface area contributed by atoms with Crippen molar-refractivity contribution >= 4 is 37.9 Å². The van der Waals surface area contributed by atoms with Crippen molar-refractivity contribution in [2.24, 2.45) is 5.16 Å². The van der Waals surface area contributed by atoms with Crippen LogP contribution in [-0.2, 0) is 24.2 Å². The Morgan fingerprint density at radius 3 is 2.65 bits per heavy atom. The molecular formula is C20H23N3O6S2. The molecule has 2 aromatic rings. The van der Waals surface area contributed by atoms with Gasteiger partial charge in [0.05, 0.1) is 34.3 Å². The van der Waals surface area contributed by atoms with Crippen LogP contribution >= 0.6 is 11.3 Å². The predicted octanol–water partition coefficient (Wildman–Crippen LogP) is 2.28. The summed E-state index contributed by atoms with van der Waals surface area (Å²) in [5, 5.41) is 16.4. The van der Waals surface area contributed by atoms with Crippen molar-refractivity contribution < 1.29 is 27.9 Å². The highest BCUT2D eigenvalue weighted by molar-refractivity contribution is 7.92. The van der Waals surface area contributed by atoms with Gasteiger partial charge >= 0.3 is 0 Å². The quantitative estimate of drug-likeness (QED) is 0.452. The zero-order valence-corrected chi connectivity index (χ0v) is 18.5. The molecule has 0 radical (unpaired) electrons. The molecule has 2 fully saturated rings. The van der Waals surface area contributed by atoms with Gasteiger partial charge in [0.15, 0.2) is 26.8 Å². The van der Waals surface area contributed by atoms with Gasteiger partial charge in [0.1, 0.15) is 0 Å². The summed E-state index contributed by atoms with van der Waals surface area (Å²) in [6.07, 6.45) is 2.58. The molecule has 11 heteroatoms. The van der Waals surface area contributed by atoms with Crippen molar-refractivity contribution in [3.05, 3.63) is 40.9 Å². The molecule has 4 rings (SSSR count). The number of aromatic nitrogens is 1. The molecule has 1 aromatic heterocycles. The highest BCUT2D eigenvalue weighted by Gasteiger charge is 2.36. The first kappa shape index (κ1) is 21.9. The van der Waals surface area contributed by atoms with Crippen molar-refractivity contribution in [3.8, 4) is 0 Å². The minimum Gasteiger partial charge on any atom is -0.389 e. The molecule has 0 bridgehead atoms. The second kappa shape index (κ2) is 9.03. The number of carbonyl (C=O) groups excluding carboxylic acids is 1. The van der Waals surface area contributed by atoms with Gasteiger partial charge in [-0.3, -0.25) is 10.1 Å². The van der Waals surface area contributed by atoms with Crippen molar-refractivity contribution in [2.45, 2.75) is 48.5 Å². The maximum Gasteiger partial charge on any atom is 0.280 e. The van der Waals surface area contributed by atoms with E-state index in [1.807, 2.05) is 0 Å². The number of aliphatic hydroxyl groups excluding tert-OH is 1. The van der Waals surface area contributed by atoms with E-state index in [-0.39, 0.29) is 22.0 Å². The number of anilines is 1. The monoisotopic (exact) mass is 465 g/mol. The van der Waals surface area contributed by atoms with Crippen LogP contribution in [0.3, 0.4) is 0 Å². The van der Waals surface area contributed by atoms with Gasteiger partial charge in [-0.2, -0.15) is 0 Å². The molecule has 31 heavy (non-hydrogen) atoms. The van der Waals surface area contributed by atoms with Crippen molar-refractivity contribution in [2.75, 3.05) is 18.5 Å². The Morgan fingerprint density at radius 2 is 2.06 bits per heavy atom. The molecule has 1 aliphatic carbocycles. The lowest BCUT2D eigenvalue weighted by Crippen LogP contribution is -2.25. The molecular weight excluding hydrogens is 442 g/mol. The predicted molar refractivity (Wildman–Crippen MR) is 115 cm³/mol. The molecule has 166 valence electrons. The normalized spacial score (nSPS) is 20.5. The number of sulfone groups is 1. The number of nitrogens with one attached hydrogen (secondary N) is 1. The molecule has 1 saturated carbocycles. The summed E-state index contributed by atoms with van der Waals surface area (Å²) in [5.41, 5.74) is 0.412. The highest BCUT2D eigenvalue weighted by Crippen LogP contribution is 2.33. The first-order valence-corrected chi connectivity index (χ1v) is 12.3. The Bertz CT molecular complexity index is 1070. The van der Waals surface area contributed by atoms with E-state index in [9.17, 15) is 18.3 Å². The molecule has 1 aromatic carbocycles. The second-order valence-electron chi connectivity index (χ2n) is 7.50. The van der Waals surface area contributed by atoms with Crippen molar-refractivity contribution in [1.82, 2.24) is 4.98 Å². The fraction of sp³-hybridized carbons (Fsp3) is 0.450. The number of thiazole rings is 1. The van der Waals surface area contributed by atoms with Gasteiger partial charge in [-0.15, -0.1) is 0 Å². The summed E-state index contributed by atoms with van der Waals surface area (Å²) in [4.78, 5) is 23.4. The molecule has 1 aliphatic heterocycles. The van der Waals surface area contributed by atoms with E-state index < -0.39 is 21.8 Å². The minimum absolute atomic E-state index is 0.00364. The molecule has 2 aliphatic rings. The van der Waals surface area contributed by atoms with E-state index in [0.29, 0.717) is 48.0 Å². The summed E-state index contributed by atoms with van der Waals surface area (Å²) < 4.78 is 30.1. The zero-order valence-electron chi connectivity index (χ0n) is 16.9. The number of ether oxygens (including phenoxy) is 1. The van der Waals surface area contributed by atoms with Crippen LogP contribution in [0.4, 0.5) is 5.13 Å². The van der Waals surface area contributed by atoms with Gasteiger partial charge in [0.2, 0.25) is 0 Å². The standard InChI is InChI=1S/C20H23N3O6S2/c1-12(24)17-10-21-20(30-17)22-19(25)18(23-29-14-8-9-28-11-14)13-2-4-15(5-3-13)31(26,27)16-6-7-16/h2-5,10,12,14,16,24H,6-9,11H2,1H3,(H,21,22,25)/b23-18+/t12?,14-/m1/s1. The Morgan fingerprint density at radius 1 is 1.32 bits per heavy atom. The topological polar surface area (TPSA) is 127 Å². The van der Waals surface area contributed by atoms with Gasteiger partial charge in [-0.05, 0) is 31.9 Å². The number of hydrogen-bond acceptors (Lipinski definition) is 9. The van der Waals surface area contributed by atoms with Crippen LogP contribution in [0, 0.1) is 0 Å². The van der Waals surface area contributed by atoms with Gasteiger partial charge < -0.3 is 14.7 Å².